The predicted octanol–water partition coefficient (Wildman–Crippen LogP) is 17.6. The standard InChI is InChI=1S/C60H111O11P/c1-4-7-10-13-16-19-22-25-26-27-28-29-30-33-36-39-42-45-48-51-60(64)71-57(53-67-58(62)49-46-43-40-37-34-31-23-20-17-14-11-8-5-2)55-69-72(65,66)68-54-56(52-61)70-59(63)50-47-44-41-38-35-32-24-21-18-15-12-9-6-3/h20-21,23-26,56-57,61H,4-19,22,27-55H2,1-3H3,(H,65,66)/b23-20-,24-21-,26-25-. The molecule has 0 rings (SSSR count). The number of ether oxygens (including phenoxy) is 3. The van der Waals surface area contributed by atoms with Gasteiger partial charge in [-0.1, -0.05) is 211 Å². The maximum Gasteiger partial charge on any atom is 0.472 e. The van der Waals surface area contributed by atoms with Crippen molar-refractivity contribution >= 4 is 25.7 Å². The molecule has 0 aliphatic carbocycles. The maximum atomic E-state index is 12.9. The van der Waals surface area contributed by atoms with Crippen molar-refractivity contribution in [1.82, 2.24) is 0 Å². The topological polar surface area (TPSA) is 155 Å². The van der Waals surface area contributed by atoms with E-state index in [1.54, 1.807) is 0 Å². The summed E-state index contributed by atoms with van der Waals surface area (Å²) in [6.45, 7) is 4.63. The molecule has 0 spiro atoms. The van der Waals surface area contributed by atoms with Crippen molar-refractivity contribution in [3.63, 3.8) is 0 Å². The van der Waals surface area contributed by atoms with Gasteiger partial charge in [-0.2, -0.15) is 0 Å². The monoisotopic (exact) mass is 1040 g/mol. The Balaban J connectivity index is 4.69. The highest BCUT2D eigenvalue weighted by atomic mass is 31.2. The van der Waals surface area contributed by atoms with Crippen LogP contribution >= 0.6 is 7.82 Å². The van der Waals surface area contributed by atoms with Crippen LogP contribution in [0.15, 0.2) is 36.5 Å². The van der Waals surface area contributed by atoms with Crippen molar-refractivity contribution in [2.45, 2.75) is 303 Å². The molecule has 0 bridgehead atoms. The van der Waals surface area contributed by atoms with Crippen molar-refractivity contribution in [1.29, 1.82) is 0 Å². The number of aliphatic hydroxyl groups excluding tert-OH is 1. The van der Waals surface area contributed by atoms with Gasteiger partial charge in [-0.15, -0.1) is 0 Å². The summed E-state index contributed by atoms with van der Waals surface area (Å²) in [7, 11) is -4.75. The zero-order valence-electron chi connectivity index (χ0n) is 46.7. The molecule has 0 aliphatic heterocycles. The number of aliphatic hydroxyl groups is 1. The van der Waals surface area contributed by atoms with Crippen molar-refractivity contribution in [3.8, 4) is 0 Å². The minimum Gasteiger partial charge on any atom is -0.462 e. The van der Waals surface area contributed by atoms with Gasteiger partial charge in [0.05, 0.1) is 19.8 Å². The Morgan fingerprint density at radius 1 is 0.375 bits per heavy atom. The number of hydrogen-bond donors (Lipinski definition) is 2. The second-order valence-corrected chi connectivity index (χ2v) is 21.6. The second-order valence-electron chi connectivity index (χ2n) is 20.2. The number of hydrogen-bond acceptors (Lipinski definition) is 10. The van der Waals surface area contributed by atoms with Crippen LogP contribution in [0.2, 0.25) is 0 Å². The van der Waals surface area contributed by atoms with E-state index in [-0.39, 0.29) is 25.9 Å². The molecule has 3 unspecified atom stereocenters. The van der Waals surface area contributed by atoms with Gasteiger partial charge in [0.2, 0.25) is 0 Å². The van der Waals surface area contributed by atoms with Crippen LogP contribution in [0, 0.1) is 0 Å². The summed E-state index contributed by atoms with van der Waals surface area (Å²) >= 11 is 0. The van der Waals surface area contributed by atoms with E-state index in [9.17, 15) is 28.9 Å². The zero-order chi connectivity index (χ0) is 52.7. The molecule has 0 amide bonds. The SMILES string of the molecule is CCCCCC/C=C\CCCCCCCC(=O)OCC(COP(=O)(O)OCC(CO)OC(=O)CCCCCCC/C=C\CCCCCC)OC(=O)CCCCCCCCCCC/C=C\CCCCCCCC. The quantitative estimate of drug-likeness (QED) is 0.0197. The summed E-state index contributed by atoms with van der Waals surface area (Å²) in [5, 5.41) is 9.81. The molecule has 3 atom stereocenters. The summed E-state index contributed by atoms with van der Waals surface area (Å²) in [5.74, 6) is -1.47. The summed E-state index contributed by atoms with van der Waals surface area (Å²) in [6.07, 6.45) is 56.7. The van der Waals surface area contributed by atoms with Crippen LogP contribution in [-0.2, 0) is 42.2 Å². The van der Waals surface area contributed by atoms with E-state index in [4.69, 9.17) is 23.3 Å². The molecule has 11 nitrogen and oxygen atoms in total. The Labute approximate surface area is 441 Å². The van der Waals surface area contributed by atoms with Crippen LogP contribution in [0.5, 0.6) is 0 Å². The number of phosphoric acid groups is 1. The second kappa shape index (κ2) is 54.9. The van der Waals surface area contributed by atoms with Gasteiger partial charge in [0.15, 0.2) is 6.10 Å². The normalized spacial score (nSPS) is 13.6. The van der Waals surface area contributed by atoms with Gasteiger partial charge in [-0.3, -0.25) is 23.4 Å². The first-order chi connectivity index (χ1) is 35.2. The summed E-state index contributed by atoms with van der Waals surface area (Å²) in [5.41, 5.74) is 0. The Morgan fingerprint density at radius 3 is 0.972 bits per heavy atom. The number of rotatable bonds is 56. The van der Waals surface area contributed by atoms with E-state index >= 15 is 0 Å². The first kappa shape index (κ1) is 69.7. The van der Waals surface area contributed by atoms with Gasteiger partial charge < -0.3 is 24.2 Å². The van der Waals surface area contributed by atoms with Crippen molar-refractivity contribution in [2.75, 3.05) is 26.4 Å². The van der Waals surface area contributed by atoms with Gasteiger partial charge in [0.1, 0.15) is 12.7 Å². The molecule has 0 aromatic rings. The van der Waals surface area contributed by atoms with E-state index in [0.29, 0.717) is 19.3 Å². The number of allylic oxidation sites excluding steroid dienone is 6. The lowest BCUT2D eigenvalue weighted by molar-refractivity contribution is -0.161. The van der Waals surface area contributed by atoms with E-state index in [1.165, 1.54) is 135 Å². The smallest absolute Gasteiger partial charge is 0.462 e. The highest BCUT2D eigenvalue weighted by Gasteiger charge is 2.28. The summed E-state index contributed by atoms with van der Waals surface area (Å²) < 4.78 is 39.5. The van der Waals surface area contributed by atoms with Crippen molar-refractivity contribution in [3.05, 3.63) is 36.5 Å². The third kappa shape index (κ3) is 52.6. The summed E-state index contributed by atoms with van der Waals surface area (Å²) in [4.78, 5) is 48.5. The molecule has 72 heavy (non-hydrogen) atoms. The van der Waals surface area contributed by atoms with Crippen LogP contribution in [0.4, 0.5) is 0 Å². The molecule has 422 valence electrons. The molecule has 0 heterocycles. The molecule has 0 saturated heterocycles. The molecule has 0 radical (unpaired) electrons. The molecular formula is C60H111O11P. The average molecular weight is 1040 g/mol. The largest absolute Gasteiger partial charge is 0.472 e. The van der Waals surface area contributed by atoms with Crippen LogP contribution in [0.3, 0.4) is 0 Å². The number of carbonyl (C=O) groups is 3. The van der Waals surface area contributed by atoms with Gasteiger partial charge >= 0.3 is 25.7 Å². The minimum absolute atomic E-state index is 0.166. The fourth-order valence-corrected chi connectivity index (χ4v) is 9.18. The Morgan fingerprint density at radius 2 is 0.639 bits per heavy atom. The molecule has 0 saturated carbocycles. The zero-order valence-corrected chi connectivity index (χ0v) is 47.6. The Bertz CT molecular complexity index is 1350. The van der Waals surface area contributed by atoms with Crippen molar-refractivity contribution in [2.24, 2.45) is 0 Å². The van der Waals surface area contributed by atoms with Crippen LogP contribution in [0.25, 0.3) is 0 Å². The Kier molecular flexibility index (Phi) is 53.2. The third-order valence-electron chi connectivity index (χ3n) is 13.0. The van der Waals surface area contributed by atoms with Gasteiger partial charge in [0, 0.05) is 19.3 Å². The summed E-state index contributed by atoms with van der Waals surface area (Å²) in [6, 6.07) is 0. The number of phosphoric ester groups is 1. The molecule has 0 aromatic heterocycles. The molecule has 12 heteroatoms. The highest BCUT2D eigenvalue weighted by Crippen LogP contribution is 2.43. The van der Waals surface area contributed by atoms with E-state index < -0.39 is 57.8 Å². The van der Waals surface area contributed by atoms with E-state index in [0.717, 1.165) is 96.3 Å². The van der Waals surface area contributed by atoms with Gasteiger partial charge in [-0.05, 0) is 96.3 Å². The van der Waals surface area contributed by atoms with Crippen LogP contribution in [-0.4, -0.2) is 66.5 Å². The van der Waals surface area contributed by atoms with Gasteiger partial charge in [0.25, 0.3) is 0 Å². The number of esters is 3. The van der Waals surface area contributed by atoms with Crippen LogP contribution in [0.1, 0.15) is 290 Å². The molecule has 0 fully saturated rings. The highest BCUT2D eigenvalue weighted by molar-refractivity contribution is 7.47. The average Bonchev–Trinajstić information content (AvgIpc) is 3.37. The molecule has 2 N–H and O–H groups in total. The van der Waals surface area contributed by atoms with E-state index in [1.807, 2.05) is 0 Å². The molecule has 0 aliphatic rings. The van der Waals surface area contributed by atoms with Gasteiger partial charge in [-0.25, -0.2) is 4.57 Å². The first-order valence-corrected chi connectivity index (χ1v) is 31.4. The lowest BCUT2D eigenvalue weighted by Gasteiger charge is -2.21. The van der Waals surface area contributed by atoms with Crippen molar-refractivity contribution < 1.29 is 52.2 Å². The maximum absolute atomic E-state index is 12.9. The fourth-order valence-electron chi connectivity index (χ4n) is 8.40. The fraction of sp³-hybridized carbons (Fsp3) is 0.850. The lowest BCUT2D eigenvalue weighted by atomic mass is 10.1. The minimum atomic E-state index is -4.75. The Hall–Kier alpha value is -2.30. The number of unbranched alkanes of at least 4 members (excludes halogenated alkanes) is 33. The molecule has 0 aromatic carbocycles. The molecular weight excluding hydrogens is 928 g/mol. The predicted molar refractivity (Wildman–Crippen MR) is 298 cm³/mol. The number of carbonyl (C=O) groups excluding carboxylic acids is 3. The third-order valence-corrected chi connectivity index (χ3v) is 14.0. The van der Waals surface area contributed by atoms with E-state index in [2.05, 4.69) is 57.2 Å². The lowest BCUT2D eigenvalue weighted by Crippen LogP contribution is -2.30. The first-order valence-electron chi connectivity index (χ1n) is 29.9. The van der Waals surface area contributed by atoms with Crippen LogP contribution < -0.4 is 0 Å².